The fourth-order valence-electron chi connectivity index (χ4n) is 2.72. The molecule has 0 bridgehead atoms. The van der Waals surface area contributed by atoms with Gasteiger partial charge in [-0.2, -0.15) is 4.31 Å². The fraction of sp³-hybridized carbons (Fsp3) is 0.278. The maximum absolute atomic E-state index is 13.5. The molecular weight excluding hydrogens is 378 g/mol. The summed E-state index contributed by atoms with van der Waals surface area (Å²) in [7, 11) is -3.51. The van der Waals surface area contributed by atoms with Crippen molar-refractivity contribution in [2.24, 2.45) is 0 Å². The molecule has 1 fully saturated rings. The lowest BCUT2D eigenvalue weighted by Crippen LogP contribution is -2.27. The second-order valence-corrected chi connectivity index (χ2v) is 7.99. The van der Waals surface area contributed by atoms with Crippen molar-refractivity contribution >= 4 is 21.6 Å². The van der Waals surface area contributed by atoms with Crippen LogP contribution in [0, 0.1) is 11.6 Å². The third-order valence-corrected chi connectivity index (χ3v) is 6.01. The van der Waals surface area contributed by atoms with Crippen LogP contribution in [-0.2, 0) is 14.8 Å². The highest BCUT2D eigenvalue weighted by atomic mass is 32.2. The Labute approximate surface area is 155 Å². The lowest BCUT2D eigenvalue weighted by molar-refractivity contribution is -0.118. The first kappa shape index (κ1) is 19.2. The molecule has 0 aromatic heterocycles. The smallest absolute Gasteiger partial charge is 0.262 e. The van der Waals surface area contributed by atoms with Crippen molar-refractivity contribution < 1.29 is 26.7 Å². The van der Waals surface area contributed by atoms with Crippen molar-refractivity contribution in [3.63, 3.8) is 0 Å². The Balaban J connectivity index is 1.58. The van der Waals surface area contributed by atoms with E-state index in [-0.39, 0.29) is 10.6 Å². The van der Waals surface area contributed by atoms with Crippen LogP contribution in [0.3, 0.4) is 0 Å². The molecule has 0 saturated carbocycles. The van der Waals surface area contributed by atoms with Crippen molar-refractivity contribution in [1.82, 2.24) is 4.31 Å². The molecule has 1 aliphatic rings. The molecule has 1 saturated heterocycles. The summed E-state index contributed by atoms with van der Waals surface area (Å²) in [6.07, 6.45) is 1.70. The van der Waals surface area contributed by atoms with Gasteiger partial charge in [-0.3, -0.25) is 4.79 Å². The molecule has 1 amide bonds. The zero-order valence-electron chi connectivity index (χ0n) is 14.3. The number of sulfonamides is 1. The predicted molar refractivity (Wildman–Crippen MR) is 94.9 cm³/mol. The number of ether oxygens (including phenoxy) is 1. The van der Waals surface area contributed by atoms with Crippen molar-refractivity contribution in [3.8, 4) is 5.75 Å². The summed E-state index contributed by atoms with van der Waals surface area (Å²) < 4.78 is 57.6. The lowest BCUT2D eigenvalue weighted by atomic mass is 10.3. The fourth-order valence-corrected chi connectivity index (χ4v) is 4.24. The van der Waals surface area contributed by atoms with Crippen molar-refractivity contribution in [2.45, 2.75) is 17.7 Å². The molecule has 6 nitrogen and oxygen atoms in total. The highest BCUT2D eigenvalue weighted by Crippen LogP contribution is 2.22. The second-order valence-electron chi connectivity index (χ2n) is 6.05. The molecule has 0 spiro atoms. The average Bonchev–Trinajstić information content (AvgIpc) is 3.17. The number of carbonyl (C=O) groups is 1. The number of amides is 1. The monoisotopic (exact) mass is 396 g/mol. The van der Waals surface area contributed by atoms with E-state index in [1.54, 1.807) is 0 Å². The number of benzene rings is 2. The topological polar surface area (TPSA) is 75.7 Å². The van der Waals surface area contributed by atoms with E-state index in [9.17, 15) is 22.0 Å². The SMILES string of the molecule is O=C(COc1ccc(F)cc1F)Nc1ccc(S(=O)(=O)N2CCCC2)cc1. The summed E-state index contributed by atoms with van der Waals surface area (Å²) in [5.41, 5.74) is 0.378. The van der Waals surface area contributed by atoms with Crippen molar-refractivity contribution in [2.75, 3.05) is 25.0 Å². The third kappa shape index (κ3) is 4.61. The number of carbonyl (C=O) groups excluding carboxylic acids is 1. The molecular formula is C18H18F2N2O4S. The van der Waals surface area contributed by atoms with Crippen LogP contribution in [0.4, 0.5) is 14.5 Å². The summed E-state index contributed by atoms with van der Waals surface area (Å²) in [6.45, 7) is 0.548. The van der Waals surface area contributed by atoms with E-state index in [0.29, 0.717) is 24.8 Å². The van der Waals surface area contributed by atoms with Gasteiger partial charge in [0.25, 0.3) is 5.91 Å². The van der Waals surface area contributed by atoms with Gasteiger partial charge in [0.05, 0.1) is 4.90 Å². The van der Waals surface area contributed by atoms with Gasteiger partial charge in [0.1, 0.15) is 5.82 Å². The summed E-state index contributed by atoms with van der Waals surface area (Å²) >= 11 is 0. The highest BCUT2D eigenvalue weighted by molar-refractivity contribution is 7.89. The number of anilines is 1. The normalized spacial score (nSPS) is 14.9. The van der Waals surface area contributed by atoms with E-state index in [1.165, 1.54) is 28.6 Å². The lowest BCUT2D eigenvalue weighted by Gasteiger charge is -2.15. The zero-order chi connectivity index (χ0) is 19.4. The van der Waals surface area contributed by atoms with Crippen molar-refractivity contribution in [3.05, 3.63) is 54.1 Å². The minimum absolute atomic E-state index is 0.159. The largest absolute Gasteiger partial charge is 0.481 e. The van der Waals surface area contributed by atoms with Gasteiger partial charge in [0.15, 0.2) is 18.2 Å². The Morgan fingerprint density at radius 3 is 2.37 bits per heavy atom. The van der Waals surface area contributed by atoms with E-state index in [2.05, 4.69) is 5.32 Å². The summed E-state index contributed by atoms with van der Waals surface area (Å²) in [6, 6.07) is 8.56. The van der Waals surface area contributed by atoms with Crippen LogP contribution in [0.1, 0.15) is 12.8 Å². The van der Waals surface area contributed by atoms with E-state index in [4.69, 9.17) is 4.74 Å². The van der Waals surface area contributed by atoms with Crippen LogP contribution in [0.15, 0.2) is 47.4 Å². The van der Waals surface area contributed by atoms with Gasteiger partial charge in [-0.15, -0.1) is 0 Å². The minimum Gasteiger partial charge on any atom is -0.481 e. The molecule has 9 heteroatoms. The van der Waals surface area contributed by atoms with Gasteiger partial charge < -0.3 is 10.1 Å². The zero-order valence-corrected chi connectivity index (χ0v) is 15.1. The summed E-state index contributed by atoms with van der Waals surface area (Å²) in [5.74, 6) is -2.44. The Morgan fingerprint density at radius 1 is 1.07 bits per heavy atom. The van der Waals surface area contributed by atoms with Crippen LogP contribution in [-0.4, -0.2) is 38.3 Å². The average molecular weight is 396 g/mol. The first-order valence-electron chi connectivity index (χ1n) is 8.34. The van der Waals surface area contributed by atoms with Gasteiger partial charge in [-0.1, -0.05) is 0 Å². The van der Waals surface area contributed by atoms with Gasteiger partial charge in [-0.05, 0) is 49.2 Å². The number of halogens is 2. The summed E-state index contributed by atoms with van der Waals surface area (Å²) in [4.78, 5) is 12.1. The van der Waals surface area contributed by atoms with Crippen LogP contribution in [0.2, 0.25) is 0 Å². The molecule has 27 heavy (non-hydrogen) atoms. The van der Waals surface area contributed by atoms with E-state index < -0.39 is 34.2 Å². The number of nitrogens with zero attached hydrogens (tertiary/aromatic N) is 1. The van der Waals surface area contributed by atoms with Crippen LogP contribution < -0.4 is 10.1 Å². The van der Waals surface area contributed by atoms with Gasteiger partial charge in [0, 0.05) is 24.8 Å². The summed E-state index contributed by atoms with van der Waals surface area (Å²) in [5, 5.41) is 2.52. The molecule has 0 aliphatic carbocycles. The van der Waals surface area contributed by atoms with E-state index in [1.807, 2.05) is 0 Å². The minimum atomic E-state index is -3.51. The van der Waals surface area contributed by atoms with Crippen LogP contribution in [0.25, 0.3) is 0 Å². The quantitative estimate of drug-likeness (QED) is 0.815. The highest BCUT2D eigenvalue weighted by Gasteiger charge is 2.26. The van der Waals surface area contributed by atoms with E-state index in [0.717, 1.165) is 25.0 Å². The molecule has 1 aliphatic heterocycles. The van der Waals surface area contributed by atoms with Gasteiger partial charge in [-0.25, -0.2) is 17.2 Å². The molecule has 0 radical (unpaired) electrons. The Kier molecular flexibility index (Phi) is 5.71. The molecule has 1 N–H and O–H groups in total. The Bertz CT molecular complexity index is 927. The van der Waals surface area contributed by atoms with Crippen LogP contribution in [0.5, 0.6) is 5.75 Å². The molecule has 2 aromatic rings. The predicted octanol–water partition coefficient (Wildman–Crippen LogP) is 2.77. The Hall–Kier alpha value is -2.52. The Morgan fingerprint density at radius 2 is 1.74 bits per heavy atom. The third-order valence-electron chi connectivity index (χ3n) is 4.09. The van der Waals surface area contributed by atoms with Gasteiger partial charge in [0.2, 0.25) is 10.0 Å². The molecule has 3 rings (SSSR count). The first-order valence-corrected chi connectivity index (χ1v) is 9.78. The molecule has 1 heterocycles. The van der Waals surface area contributed by atoms with Gasteiger partial charge >= 0.3 is 0 Å². The standard InChI is InChI=1S/C18H18F2N2O4S/c19-13-3-8-17(16(20)11-13)26-12-18(23)21-14-4-6-15(7-5-14)27(24,25)22-9-1-2-10-22/h3-8,11H,1-2,9-10,12H2,(H,21,23). The van der Waals surface area contributed by atoms with Crippen LogP contribution >= 0.6 is 0 Å². The molecule has 0 unspecified atom stereocenters. The number of nitrogens with one attached hydrogen (secondary N) is 1. The number of rotatable bonds is 6. The second kappa shape index (κ2) is 8.01. The molecule has 0 atom stereocenters. The van der Waals surface area contributed by atoms with Crippen molar-refractivity contribution in [1.29, 1.82) is 0 Å². The maximum atomic E-state index is 13.5. The molecule has 144 valence electrons. The van der Waals surface area contributed by atoms with E-state index >= 15 is 0 Å². The number of hydrogen-bond donors (Lipinski definition) is 1. The molecule has 2 aromatic carbocycles. The first-order chi connectivity index (χ1) is 12.9. The maximum Gasteiger partial charge on any atom is 0.262 e. The number of hydrogen-bond acceptors (Lipinski definition) is 4.